The summed E-state index contributed by atoms with van der Waals surface area (Å²) in [6, 6.07) is 8.30. The van der Waals surface area contributed by atoms with E-state index in [-0.39, 0.29) is 10.6 Å². The topological polar surface area (TPSA) is 69.6 Å². The Bertz CT molecular complexity index is 568. The Labute approximate surface area is 95.2 Å². The number of phenolic OH excluding ortho intramolecular Hbond substituents is 1. The number of anilines is 1. The van der Waals surface area contributed by atoms with E-state index < -0.39 is 11.1 Å². The largest absolute Gasteiger partial charge is 0.507 e. The lowest BCUT2D eigenvalue weighted by Crippen LogP contribution is -1.90. The lowest BCUT2D eigenvalue weighted by molar-refractivity contribution is 0.479. The predicted molar refractivity (Wildman–Crippen MR) is 64.2 cm³/mol. The minimum Gasteiger partial charge on any atom is -0.507 e. The van der Waals surface area contributed by atoms with Gasteiger partial charge in [0, 0.05) is 18.1 Å². The van der Waals surface area contributed by atoms with Crippen molar-refractivity contribution in [3.8, 4) is 5.75 Å². The van der Waals surface area contributed by atoms with Crippen LogP contribution >= 0.6 is 0 Å². The second-order valence-electron chi connectivity index (χ2n) is 3.38. The van der Waals surface area contributed by atoms with E-state index in [0.29, 0.717) is 5.39 Å². The summed E-state index contributed by atoms with van der Waals surface area (Å²) in [6.07, 6.45) is 0. The maximum absolute atomic E-state index is 10.9. The average Bonchev–Trinajstić information content (AvgIpc) is 2.28. The second kappa shape index (κ2) is 4.11. The van der Waals surface area contributed by atoms with Crippen molar-refractivity contribution in [1.29, 1.82) is 0 Å². The molecule has 2 rings (SSSR count). The molecule has 0 spiro atoms. The van der Waals surface area contributed by atoms with Gasteiger partial charge in [-0.1, -0.05) is 0 Å². The molecule has 0 aliphatic carbocycles. The zero-order valence-corrected chi connectivity index (χ0v) is 9.41. The smallest absolute Gasteiger partial charge is 0.186 e. The summed E-state index contributed by atoms with van der Waals surface area (Å²) in [6.45, 7) is 0. The second-order valence-corrected chi connectivity index (χ2v) is 4.35. The van der Waals surface area contributed by atoms with Crippen LogP contribution in [0.3, 0.4) is 0 Å². The van der Waals surface area contributed by atoms with E-state index in [0.717, 1.165) is 11.1 Å². The number of nitrogens with one attached hydrogen (secondary N) is 1. The first kappa shape index (κ1) is 10.9. The highest BCUT2D eigenvalue weighted by atomic mass is 32.2. The highest BCUT2D eigenvalue weighted by molar-refractivity contribution is 7.79. The van der Waals surface area contributed by atoms with Crippen molar-refractivity contribution in [2.45, 2.75) is 4.90 Å². The number of benzene rings is 2. The minimum atomic E-state index is -2.08. The lowest BCUT2D eigenvalue weighted by atomic mass is 10.1. The molecule has 0 aliphatic rings. The SMILES string of the molecule is CNc1ccc2c(O)cc(S(=O)O)cc2c1. The molecule has 0 aliphatic heterocycles. The molecule has 0 aromatic heterocycles. The van der Waals surface area contributed by atoms with Crippen LogP contribution in [0, 0.1) is 0 Å². The van der Waals surface area contributed by atoms with Gasteiger partial charge in [0.15, 0.2) is 11.1 Å². The van der Waals surface area contributed by atoms with E-state index in [1.165, 1.54) is 6.07 Å². The number of phenols is 1. The minimum absolute atomic E-state index is 0.0116. The third-order valence-corrected chi connectivity index (χ3v) is 3.03. The van der Waals surface area contributed by atoms with E-state index in [9.17, 15) is 9.32 Å². The highest BCUT2D eigenvalue weighted by Gasteiger charge is 2.07. The molecule has 5 heteroatoms. The summed E-state index contributed by atoms with van der Waals surface area (Å²) in [5.41, 5.74) is 0.882. The molecule has 0 fully saturated rings. The quantitative estimate of drug-likeness (QED) is 0.700. The fourth-order valence-corrected chi connectivity index (χ4v) is 2.02. The molecule has 0 saturated carbocycles. The van der Waals surface area contributed by atoms with E-state index in [1.54, 1.807) is 19.2 Å². The summed E-state index contributed by atoms with van der Waals surface area (Å²) in [7, 11) is 1.79. The molecule has 0 amide bonds. The molecular weight excluding hydrogens is 226 g/mol. The summed E-state index contributed by atoms with van der Waals surface area (Å²) >= 11 is -2.08. The van der Waals surface area contributed by atoms with Crippen LogP contribution in [0.5, 0.6) is 5.75 Å². The lowest BCUT2D eigenvalue weighted by Gasteiger charge is -2.06. The van der Waals surface area contributed by atoms with Crippen LogP contribution in [0.1, 0.15) is 0 Å². The Balaban J connectivity index is 2.72. The standard InChI is InChI=1S/C11H11NO3S/c1-12-8-2-3-10-7(4-8)5-9(16(14)15)6-11(10)13/h2-6,12-13H,1H3,(H,14,15). The van der Waals surface area contributed by atoms with Crippen LogP contribution in [0.25, 0.3) is 10.8 Å². The fourth-order valence-electron chi connectivity index (χ4n) is 1.58. The highest BCUT2D eigenvalue weighted by Crippen LogP contribution is 2.29. The third kappa shape index (κ3) is 1.87. The molecule has 0 heterocycles. The van der Waals surface area contributed by atoms with E-state index in [1.807, 2.05) is 12.1 Å². The Morgan fingerprint density at radius 2 is 2.00 bits per heavy atom. The Morgan fingerprint density at radius 1 is 1.25 bits per heavy atom. The van der Waals surface area contributed by atoms with E-state index in [4.69, 9.17) is 4.55 Å². The van der Waals surface area contributed by atoms with Gasteiger partial charge in [-0.05, 0) is 35.7 Å². The summed E-state index contributed by atoms with van der Waals surface area (Å²) in [5.74, 6) is 0.0116. The number of rotatable bonds is 2. The zero-order valence-electron chi connectivity index (χ0n) is 8.60. The van der Waals surface area contributed by atoms with Gasteiger partial charge >= 0.3 is 0 Å². The first-order valence-corrected chi connectivity index (χ1v) is 5.78. The van der Waals surface area contributed by atoms with Gasteiger partial charge in [-0.25, -0.2) is 4.21 Å². The van der Waals surface area contributed by atoms with Gasteiger partial charge in [-0.3, -0.25) is 0 Å². The molecule has 0 radical (unpaired) electrons. The number of hydrogen-bond donors (Lipinski definition) is 3. The van der Waals surface area contributed by atoms with Gasteiger partial charge < -0.3 is 15.0 Å². The van der Waals surface area contributed by atoms with Crippen LogP contribution in [0.4, 0.5) is 5.69 Å². The van der Waals surface area contributed by atoms with E-state index in [2.05, 4.69) is 5.32 Å². The summed E-state index contributed by atoms with van der Waals surface area (Å²) in [5, 5.41) is 14.1. The van der Waals surface area contributed by atoms with Gasteiger partial charge in [0.25, 0.3) is 0 Å². The molecule has 0 saturated heterocycles. The Morgan fingerprint density at radius 3 is 2.62 bits per heavy atom. The van der Waals surface area contributed by atoms with Crippen LogP contribution in [0.15, 0.2) is 35.2 Å². The van der Waals surface area contributed by atoms with Crippen molar-refractivity contribution in [3.63, 3.8) is 0 Å². The van der Waals surface area contributed by atoms with E-state index >= 15 is 0 Å². The normalized spacial score (nSPS) is 12.6. The Kier molecular flexibility index (Phi) is 2.80. The molecule has 0 bridgehead atoms. The fraction of sp³-hybridized carbons (Fsp3) is 0.0909. The molecule has 4 nitrogen and oxygen atoms in total. The number of fused-ring (bicyclic) bond motifs is 1. The van der Waals surface area contributed by atoms with Crippen molar-refractivity contribution in [2.24, 2.45) is 0 Å². The molecule has 1 unspecified atom stereocenters. The van der Waals surface area contributed by atoms with Crippen molar-refractivity contribution in [2.75, 3.05) is 12.4 Å². The summed E-state index contributed by atoms with van der Waals surface area (Å²) in [4.78, 5) is 0.193. The van der Waals surface area contributed by atoms with Crippen molar-refractivity contribution in [3.05, 3.63) is 30.3 Å². The maximum atomic E-state index is 10.9. The molecule has 16 heavy (non-hydrogen) atoms. The first-order chi connectivity index (χ1) is 7.61. The predicted octanol–water partition coefficient (Wildman–Crippen LogP) is 2.17. The monoisotopic (exact) mass is 237 g/mol. The molecular formula is C11H11NO3S. The molecule has 84 valence electrons. The van der Waals surface area contributed by atoms with Crippen LogP contribution in [0.2, 0.25) is 0 Å². The number of aromatic hydroxyl groups is 1. The molecule has 2 aromatic carbocycles. The van der Waals surface area contributed by atoms with Gasteiger partial charge in [0.05, 0.1) is 4.90 Å². The van der Waals surface area contributed by atoms with Gasteiger partial charge in [-0.15, -0.1) is 0 Å². The van der Waals surface area contributed by atoms with Crippen molar-refractivity contribution in [1.82, 2.24) is 0 Å². The maximum Gasteiger partial charge on any atom is 0.186 e. The van der Waals surface area contributed by atoms with Crippen molar-refractivity contribution < 1.29 is 13.9 Å². The molecule has 2 aromatic rings. The number of hydrogen-bond acceptors (Lipinski definition) is 3. The van der Waals surface area contributed by atoms with Crippen LogP contribution < -0.4 is 5.32 Å². The zero-order chi connectivity index (χ0) is 11.7. The van der Waals surface area contributed by atoms with Gasteiger partial charge in [0.1, 0.15) is 5.75 Å². The van der Waals surface area contributed by atoms with Crippen molar-refractivity contribution >= 4 is 27.5 Å². The third-order valence-electron chi connectivity index (χ3n) is 2.39. The van der Waals surface area contributed by atoms with Crippen LogP contribution in [-0.4, -0.2) is 20.9 Å². The molecule has 3 N–H and O–H groups in total. The van der Waals surface area contributed by atoms with Crippen LogP contribution in [-0.2, 0) is 11.1 Å². The molecule has 1 atom stereocenters. The average molecular weight is 237 g/mol. The van der Waals surface area contributed by atoms with Gasteiger partial charge in [-0.2, -0.15) is 0 Å². The first-order valence-electron chi connectivity index (χ1n) is 4.67. The van der Waals surface area contributed by atoms with Gasteiger partial charge in [0.2, 0.25) is 0 Å². The Hall–Kier alpha value is -1.59. The summed E-state index contributed by atoms with van der Waals surface area (Å²) < 4.78 is 19.9.